The molecule has 136 valence electrons. The number of nitrogens with one attached hydrogen (secondary N) is 2. The molecule has 8 heteroatoms. The van der Waals surface area contributed by atoms with Gasteiger partial charge in [-0.25, -0.2) is 9.59 Å². The molecule has 0 bridgehead atoms. The maximum Gasteiger partial charge on any atom is 0.338 e. The SMILES string of the molecule is COc1cc(Br)cc(C2NC(=O)NC(C)=C2C(=O)OCC(C)C)c1O. The van der Waals surface area contributed by atoms with E-state index < -0.39 is 18.0 Å². The number of allylic oxidation sites excluding steroid dienone is 1. The van der Waals surface area contributed by atoms with Gasteiger partial charge in [-0.1, -0.05) is 29.8 Å². The lowest BCUT2D eigenvalue weighted by molar-refractivity contribution is -0.140. The second-order valence-corrected chi connectivity index (χ2v) is 7.02. The molecule has 1 heterocycles. The van der Waals surface area contributed by atoms with E-state index in [4.69, 9.17) is 9.47 Å². The predicted octanol–water partition coefficient (Wildman–Crippen LogP) is 2.99. The number of methoxy groups -OCH3 is 1. The lowest BCUT2D eigenvalue weighted by atomic mass is 9.94. The second-order valence-electron chi connectivity index (χ2n) is 6.11. The summed E-state index contributed by atoms with van der Waals surface area (Å²) in [5.41, 5.74) is 0.938. The van der Waals surface area contributed by atoms with E-state index in [1.807, 2.05) is 13.8 Å². The molecule has 0 spiro atoms. The molecule has 0 aromatic heterocycles. The minimum absolute atomic E-state index is 0.153. The molecular formula is C17H21BrN2O5. The molecule has 25 heavy (non-hydrogen) atoms. The van der Waals surface area contributed by atoms with Crippen molar-refractivity contribution in [2.24, 2.45) is 5.92 Å². The first kappa shape index (κ1) is 19.1. The van der Waals surface area contributed by atoms with Crippen molar-refractivity contribution in [3.63, 3.8) is 0 Å². The number of halogens is 1. The van der Waals surface area contributed by atoms with Crippen molar-refractivity contribution in [2.45, 2.75) is 26.8 Å². The number of carbonyl (C=O) groups excluding carboxylic acids is 2. The van der Waals surface area contributed by atoms with Crippen molar-refractivity contribution in [2.75, 3.05) is 13.7 Å². The number of amides is 2. The van der Waals surface area contributed by atoms with Gasteiger partial charge in [0.15, 0.2) is 11.5 Å². The number of phenolic OH excluding ortho intramolecular Hbond substituents is 1. The van der Waals surface area contributed by atoms with Crippen molar-refractivity contribution >= 4 is 27.9 Å². The van der Waals surface area contributed by atoms with E-state index in [1.54, 1.807) is 19.1 Å². The number of hydrogen-bond acceptors (Lipinski definition) is 5. The van der Waals surface area contributed by atoms with Crippen molar-refractivity contribution in [1.82, 2.24) is 10.6 Å². The maximum atomic E-state index is 12.6. The van der Waals surface area contributed by atoms with Crippen molar-refractivity contribution in [3.05, 3.63) is 33.4 Å². The summed E-state index contributed by atoms with van der Waals surface area (Å²) in [6, 6.07) is 1.88. The Kier molecular flexibility index (Phi) is 5.94. The molecule has 1 aromatic rings. The molecule has 1 aromatic carbocycles. The lowest BCUT2D eigenvalue weighted by Crippen LogP contribution is -2.45. The Hall–Kier alpha value is -2.22. The Bertz CT molecular complexity index is 730. The Labute approximate surface area is 154 Å². The molecule has 1 unspecified atom stereocenters. The number of rotatable bonds is 5. The van der Waals surface area contributed by atoms with Gasteiger partial charge in [0.25, 0.3) is 0 Å². The van der Waals surface area contributed by atoms with Gasteiger partial charge in [-0.3, -0.25) is 0 Å². The summed E-state index contributed by atoms with van der Waals surface area (Å²) in [7, 11) is 1.42. The quantitative estimate of drug-likeness (QED) is 0.645. The zero-order valence-corrected chi connectivity index (χ0v) is 16.1. The van der Waals surface area contributed by atoms with Crippen LogP contribution in [0.1, 0.15) is 32.4 Å². The van der Waals surface area contributed by atoms with Crippen LogP contribution in [0, 0.1) is 5.92 Å². The molecule has 2 rings (SSSR count). The van der Waals surface area contributed by atoms with Crippen LogP contribution in [-0.4, -0.2) is 30.8 Å². The van der Waals surface area contributed by atoms with E-state index in [-0.39, 0.29) is 29.6 Å². The summed E-state index contributed by atoms with van der Waals surface area (Å²) in [5.74, 6) is -0.305. The summed E-state index contributed by atoms with van der Waals surface area (Å²) < 4.78 is 11.1. The summed E-state index contributed by atoms with van der Waals surface area (Å²) >= 11 is 3.34. The van der Waals surface area contributed by atoms with Gasteiger partial charge < -0.3 is 25.2 Å². The number of benzene rings is 1. The highest BCUT2D eigenvalue weighted by Gasteiger charge is 2.34. The van der Waals surface area contributed by atoms with Gasteiger partial charge in [0.05, 0.1) is 25.3 Å². The number of ether oxygens (including phenoxy) is 2. The summed E-state index contributed by atoms with van der Waals surface area (Å²) in [4.78, 5) is 24.5. The molecule has 0 aliphatic carbocycles. The minimum Gasteiger partial charge on any atom is -0.504 e. The highest BCUT2D eigenvalue weighted by Crippen LogP contribution is 2.40. The summed E-state index contributed by atoms with van der Waals surface area (Å²) in [6.45, 7) is 5.73. The van der Waals surface area contributed by atoms with E-state index in [1.165, 1.54) is 7.11 Å². The minimum atomic E-state index is -0.861. The lowest BCUT2D eigenvalue weighted by Gasteiger charge is -2.29. The van der Waals surface area contributed by atoms with Crippen molar-refractivity contribution in [3.8, 4) is 11.5 Å². The average molecular weight is 413 g/mol. The van der Waals surface area contributed by atoms with E-state index in [0.717, 1.165) is 0 Å². The Morgan fingerprint density at radius 2 is 2.08 bits per heavy atom. The van der Waals surface area contributed by atoms with Crippen LogP contribution in [-0.2, 0) is 9.53 Å². The van der Waals surface area contributed by atoms with E-state index in [0.29, 0.717) is 15.7 Å². The van der Waals surface area contributed by atoms with Crippen molar-refractivity contribution < 1.29 is 24.2 Å². The van der Waals surface area contributed by atoms with Gasteiger partial charge in [-0.05, 0) is 25.0 Å². The number of phenols is 1. The van der Waals surface area contributed by atoms with Crippen LogP contribution in [0.4, 0.5) is 4.79 Å². The average Bonchev–Trinajstić information content (AvgIpc) is 2.53. The van der Waals surface area contributed by atoms with Crippen LogP contribution in [0.25, 0.3) is 0 Å². The largest absolute Gasteiger partial charge is 0.504 e. The third-order valence-electron chi connectivity index (χ3n) is 3.64. The maximum absolute atomic E-state index is 12.6. The smallest absolute Gasteiger partial charge is 0.338 e. The van der Waals surface area contributed by atoms with Crippen LogP contribution in [0.5, 0.6) is 11.5 Å². The number of urea groups is 1. The molecule has 0 radical (unpaired) electrons. The van der Waals surface area contributed by atoms with Crippen LogP contribution in [0.3, 0.4) is 0 Å². The van der Waals surface area contributed by atoms with Crippen LogP contribution in [0.2, 0.25) is 0 Å². The molecule has 0 saturated heterocycles. The Balaban J connectivity index is 2.50. The standard InChI is InChI=1S/C17H21BrN2O5/c1-8(2)7-25-16(22)13-9(3)19-17(23)20-14(13)11-5-10(18)6-12(24-4)15(11)21/h5-6,8,14,21H,7H2,1-4H3,(H2,19,20,23). The van der Waals surface area contributed by atoms with Crippen LogP contribution < -0.4 is 15.4 Å². The normalized spacial score (nSPS) is 17.2. The Morgan fingerprint density at radius 1 is 1.40 bits per heavy atom. The molecule has 7 nitrogen and oxygen atoms in total. The number of hydrogen-bond donors (Lipinski definition) is 3. The summed E-state index contributed by atoms with van der Waals surface area (Å²) in [5, 5.41) is 15.7. The molecular weight excluding hydrogens is 392 g/mol. The van der Waals surface area contributed by atoms with Crippen LogP contribution in [0.15, 0.2) is 27.9 Å². The van der Waals surface area contributed by atoms with Gasteiger partial charge in [-0.15, -0.1) is 0 Å². The zero-order chi connectivity index (χ0) is 18.7. The number of esters is 1. The molecule has 1 atom stereocenters. The van der Waals surface area contributed by atoms with Gasteiger partial charge in [0, 0.05) is 15.7 Å². The predicted molar refractivity (Wildman–Crippen MR) is 95.3 cm³/mol. The van der Waals surface area contributed by atoms with E-state index >= 15 is 0 Å². The second kappa shape index (κ2) is 7.77. The summed E-state index contributed by atoms with van der Waals surface area (Å²) in [6.07, 6.45) is 0. The fourth-order valence-corrected chi connectivity index (χ4v) is 2.94. The fourth-order valence-electron chi connectivity index (χ4n) is 2.49. The van der Waals surface area contributed by atoms with Gasteiger partial charge >= 0.3 is 12.0 Å². The first-order chi connectivity index (χ1) is 11.7. The fraction of sp³-hybridized carbons (Fsp3) is 0.412. The number of aromatic hydroxyl groups is 1. The Morgan fingerprint density at radius 3 is 2.68 bits per heavy atom. The first-order valence-corrected chi connectivity index (χ1v) is 8.55. The molecule has 3 N–H and O–H groups in total. The van der Waals surface area contributed by atoms with E-state index in [9.17, 15) is 14.7 Å². The van der Waals surface area contributed by atoms with Gasteiger partial charge in [0.1, 0.15) is 0 Å². The highest BCUT2D eigenvalue weighted by molar-refractivity contribution is 9.10. The zero-order valence-electron chi connectivity index (χ0n) is 14.5. The number of carbonyl (C=O) groups is 2. The van der Waals surface area contributed by atoms with Gasteiger partial charge in [0.2, 0.25) is 0 Å². The highest BCUT2D eigenvalue weighted by atomic mass is 79.9. The molecule has 1 aliphatic rings. The van der Waals surface area contributed by atoms with Crippen LogP contribution >= 0.6 is 15.9 Å². The topological polar surface area (TPSA) is 96.9 Å². The molecule has 1 aliphatic heterocycles. The first-order valence-electron chi connectivity index (χ1n) is 7.76. The monoisotopic (exact) mass is 412 g/mol. The third-order valence-corrected chi connectivity index (χ3v) is 4.09. The molecule has 0 saturated carbocycles. The molecule has 0 fully saturated rings. The third kappa shape index (κ3) is 4.25. The van der Waals surface area contributed by atoms with Crippen molar-refractivity contribution in [1.29, 1.82) is 0 Å². The van der Waals surface area contributed by atoms with E-state index in [2.05, 4.69) is 26.6 Å². The molecule has 2 amide bonds. The van der Waals surface area contributed by atoms with Gasteiger partial charge in [-0.2, -0.15) is 0 Å².